The first-order chi connectivity index (χ1) is 12.8. The van der Waals surface area contributed by atoms with Crippen LogP contribution in [0, 0.1) is 19.8 Å². The van der Waals surface area contributed by atoms with Gasteiger partial charge in [0.15, 0.2) is 5.76 Å². The van der Waals surface area contributed by atoms with Gasteiger partial charge in [0.05, 0.1) is 10.6 Å². The van der Waals surface area contributed by atoms with Crippen molar-refractivity contribution < 1.29 is 12.9 Å². The summed E-state index contributed by atoms with van der Waals surface area (Å²) in [5, 5.41) is 3.87. The van der Waals surface area contributed by atoms with Crippen molar-refractivity contribution in [1.29, 1.82) is 0 Å². The van der Waals surface area contributed by atoms with E-state index >= 15 is 0 Å². The van der Waals surface area contributed by atoms with Gasteiger partial charge in [0, 0.05) is 24.7 Å². The Morgan fingerprint density at radius 2 is 2.11 bits per heavy atom. The molecule has 7 heteroatoms. The van der Waals surface area contributed by atoms with Crippen LogP contribution >= 0.6 is 0 Å². The third kappa shape index (κ3) is 5.18. The zero-order valence-corrected chi connectivity index (χ0v) is 17.2. The van der Waals surface area contributed by atoms with Gasteiger partial charge in [-0.05, 0) is 63.7 Å². The molecule has 1 fully saturated rings. The third-order valence-electron chi connectivity index (χ3n) is 5.07. The number of aryl methyl sites for hydroxylation is 2. The Balaban J connectivity index is 1.62. The quantitative estimate of drug-likeness (QED) is 0.733. The van der Waals surface area contributed by atoms with Gasteiger partial charge < -0.3 is 9.42 Å². The SMILES string of the molecule is Cc1cc(-c2ccc(C)c(S(=O)(=O)NCCCN3CCC[C@H](C)C3)c2)on1. The van der Waals surface area contributed by atoms with E-state index in [4.69, 9.17) is 4.52 Å². The molecule has 0 bridgehead atoms. The molecule has 1 saturated heterocycles. The number of rotatable bonds is 7. The lowest BCUT2D eigenvalue weighted by atomic mass is 10.0. The van der Waals surface area contributed by atoms with Gasteiger partial charge in [0.1, 0.15) is 0 Å². The minimum atomic E-state index is -3.56. The molecule has 1 aliphatic rings. The van der Waals surface area contributed by atoms with E-state index in [2.05, 4.69) is 21.7 Å². The number of aromatic nitrogens is 1. The lowest BCUT2D eigenvalue weighted by Gasteiger charge is -2.30. The van der Waals surface area contributed by atoms with Crippen LogP contribution in [0.4, 0.5) is 0 Å². The van der Waals surface area contributed by atoms with Crippen LogP contribution in [-0.4, -0.2) is 44.7 Å². The molecule has 0 unspecified atom stereocenters. The van der Waals surface area contributed by atoms with Crippen LogP contribution < -0.4 is 4.72 Å². The molecule has 148 valence electrons. The fourth-order valence-corrected chi connectivity index (χ4v) is 4.96. The second-order valence-electron chi connectivity index (χ2n) is 7.61. The van der Waals surface area contributed by atoms with Crippen LogP contribution in [0.1, 0.15) is 37.4 Å². The topological polar surface area (TPSA) is 75.4 Å². The van der Waals surface area contributed by atoms with Crippen molar-refractivity contribution >= 4 is 10.0 Å². The third-order valence-corrected chi connectivity index (χ3v) is 6.68. The van der Waals surface area contributed by atoms with Crippen molar-refractivity contribution in [2.24, 2.45) is 5.92 Å². The maximum Gasteiger partial charge on any atom is 0.240 e. The maximum absolute atomic E-state index is 12.8. The second kappa shape index (κ2) is 8.54. The smallest absolute Gasteiger partial charge is 0.240 e. The Morgan fingerprint density at radius 3 is 2.81 bits per heavy atom. The molecule has 3 rings (SSSR count). The van der Waals surface area contributed by atoms with Gasteiger partial charge in [-0.2, -0.15) is 0 Å². The molecule has 1 atom stereocenters. The summed E-state index contributed by atoms with van der Waals surface area (Å²) in [4.78, 5) is 2.72. The lowest BCUT2D eigenvalue weighted by Crippen LogP contribution is -2.36. The van der Waals surface area contributed by atoms with Crippen molar-refractivity contribution in [2.75, 3.05) is 26.2 Å². The van der Waals surface area contributed by atoms with Gasteiger partial charge >= 0.3 is 0 Å². The van der Waals surface area contributed by atoms with Crippen molar-refractivity contribution in [2.45, 2.75) is 44.9 Å². The van der Waals surface area contributed by atoms with E-state index in [-0.39, 0.29) is 0 Å². The minimum Gasteiger partial charge on any atom is -0.356 e. The zero-order valence-electron chi connectivity index (χ0n) is 16.4. The monoisotopic (exact) mass is 391 g/mol. The van der Waals surface area contributed by atoms with Gasteiger partial charge in [-0.1, -0.05) is 24.2 Å². The Kier molecular flexibility index (Phi) is 6.34. The highest BCUT2D eigenvalue weighted by atomic mass is 32.2. The Hall–Kier alpha value is -1.70. The molecule has 1 aromatic heterocycles. The molecular formula is C20H29N3O3S. The summed E-state index contributed by atoms with van der Waals surface area (Å²) >= 11 is 0. The van der Waals surface area contributed by atoms with Crippen LogP contribution in [0.3, 0.4) is 0 Å². The molecule has 0 radical (unpaired) electrons. The predicted molar refractivity (Wildman–Crippen MR) is 106 cm³/mol. The van der Waals surface area contributed by atoms with Crippen molar-refractivity contribution in [1.82, 2.24) is 14.8 Å². The van der Waals surface area contributed by atoms with E-state index < -0.39 is 10.0 Å². The zero-order chi connectivity index (χ0) is 19.4. The van der Waals surface area contributed by atoms with E-state index in [0.717, 1.165) is 37.7 Å². The summed E-state index contributed by atoms with van der Waals surface area (Å²) in [5.41, 5.74) is 2.19. The summed E-state index contributed by atoms with van der Waals surface area (Å²) in [6.07, 6.45) is 3.34. The molecule has 0 amide bonds. The molecule has 0 saturated carbocycles. The van der Waals surface area contributed by atoms with Gasteiger partial charge in [-0.3, -0.25) is 0 Å². The summed E-state index contributed by atoms with van der Waals surface area (Å²) in [7, 11) is -3.56. The molecule has 6 nitrogen and oxygen atoms in total. The molecule has 2 heterocycles. The molecular weight excluding hydrogens is 362 g/mol. The standard InChI is InChI=1S/C20H29N3O3S/c1-15-6-4-10-23(14-15)11-5-9-21-27(24,25)20-13-18(8-7-16(20)2)19-12-17(3)22-26-19/h7-8,12-13,15,21H,4-6,9-11,14H2,1-3H3/t15-/m0/s1. The number of piperidine rings is 1. The van der Waals surface area contributed by atoms with E-state index in [9.17, 15) is 8.42 Å². The number of sulfonamides is 1. The van der Waals surface area contributed by atoms with Crippen LogP contribution in [0.15, 0.2) is 33.7 Å². The number of nitrogens with one attached hydrogen (secondary N) is 1. The first-order valence-corrected chi connectivity index (χ1v) is 11.1. The fraction of sp³-hybridized carbons (Fsp3) is 0.550. The maximum atomic E-state index is 12.8. The van der Waals surface area contributed by atoms with Gasteiger partial charge in [0.25, 0.3) is 0 Å². The average Bonchev–Trinajstić information content (AvgIpc) is 3.05. The number of hydrogen-bond acceptors (Lipinski definition) is 5. The first-order valence-electron chi connectivity index (χ1n) is 9.61. The van der Waals surface area contributed by atoms with Crippen molar-refractivity contribution in [3.8, 4) is 11.3 Å². The van der Waals surface area contributed by atoms with Crippen LogP contribution in [0.5, 0.6) is 0 Å². The second-order valence-corrected chi connectivity index (χ2v) is 9.35. The van der Waals surface area contributed by atoms with E-state index in [1.54, 1.807) is 25.1 Å². The average molecular weight is 392 g/mol. The number of likely N-dealkylation sites (tertiary alicyclic amines) is 1. The highest BCUT2D eigenvalue weighted by molar-refractivity contribution is 7.89. The molecule has 1 N–H and O–H groups in total. The van der Waals surface area contributed by atoms with E-state index in [1.807, 2.05) is 13.0 Å². The van der Waals surface area contributed by atoms with Crippen molar-refractivity contribution in [3.05, 3.63) is 35.5 Å². The van der Waals surface area contributed by atoms with E-state index in [1.165, 1.54) is 12.8 Å². The molecule has 0 aliphatic carbocycles. The van der Waals surface area contributed by atoms with Crippen LogP contribution in [0.25, 0.3) is 11.3 Å². The number of nitrogens with zero attached hydrogens (tertiary/aromatic N) is 2. The fourth-order valence-electron chi connectivity index (χ4n) is 3.62. The molecule has 2 aromatic rings. The Labute approximate surface area is 162 Å². The van der Waals surface area contributed by atoms with Crippen LogP contribution in [-0.2, 0) is 10.0 Å². The Bertz CT molecular complexity index is 876. The van der Waals surface area contributed by atoms with Gasteiger partial charge in [-0.15, -0.1) is 0 Å². The summed E-state index contributed by atoms with van der Waals surface area (Å²) < 4.78 is 33.6. The van der Waals surface area contributed by atoms with Crippen LogP contribution in [0.2, 0.25) is 0 Å². The lowest BCUT2D eigenvalue weighted by molar-refractivity contribution is 0.182. The van der Waals surface area contributed by atoms with Gasteiger partial charge in [0.2, 0.25) is 10.0 Å². The normalized spacial score (nSPS) is 18.7. The van der Waals surface area contributed by atoms with Gasteiger partial charge in [-0.25, -0.2) is 13.1 Å². The highest BCUT2D eigenvalue weighted by Crippen LogP contribution is 2.25. The largest absolute Gasteiger partial charge is 0.356 e. The molecule has 1 aromatic carbocycles. The highest BCUT2D eigenvalue weighted by Gasteiger charge is 2.19. The first kappa shape index (κ1) is 20.0. The molecule has 1 aliphatic heterocycles. The number of benzene rings is 1. The van der Waals surface area contributed by atoms with Crippen molar-refractivity contribution in [3.63, 3.8) is 0 Å². The minimum absolute atomic E-state index is 0.292. The molecule has 0 spiro atoms. The van der Waals surface area contributed by atoms with E-state index in [0.29, 0.717) is 28.3 Å². The molecule has 27 heavy (non-hydrogen) atoms. The summed E-state index contributed by atoms with van der Waals surface area (Å²) in [6, 6.07) is 7.11. The number of hydrogen-bond donors (Lipinski definition) is 1. The Morgan fingerprint density at radius 1 is 1.30 bits per heavy atom. The predicted octanol–water partition coefficient (Wildman–Crippen LogP) is 3.36. The summed E-state index contributed by atoms with van der Waals surface area (Å²) in [5.74, 6) is 1.31. The summed E-state index contributed by atoms with van der Waals surface area (Å²) in [6.45, 7) is 9.53.